The summed E-state index contributed by atoms with van der Waals surface area (Å²) in [6, 6.07) is 1.80. The van der Waals surface area contributed by atoms with Crippen molar-refractivity contribution < 1.29 is 4.74 Å². The minimum absolute atomic E-state index is 0.381. The molecule has 0 radical (unpaired) electrons. The number of methoxy groups -OCH3 is 1. The van der Waals surface area contributed by atoms with Gasteiger partial charge in [0.05, 0.1) is 7.11 Å². The highest BCUT2D eigenvalue weighted by Gasteiger charge is 2.02. The van der Waals surface area contributed by atoms with E-state index in [1.807, 2.05) is 0 Å². The second-order valence-electron chi connectivity index (χ2n) is 2.24. The van der Waals surface area contributed by atoms with E-state index in [2.05, 4.69) is 10.9 Å². The molecule has 62 valence electrons. The van der Waals surface area contributed by atoms with Crippen LogP contribution in [-0.2, 0) is 6.54 Å². The number of hydrogen-bond acceptors (Lipinski definition) is 3. The Morgan fingerprint density at radius 1 is 1.75 bits per heavy atom. The second kappa shape index (κ2) is 3.74. The fourth-order valence-corrected chi connectivity index (χ4v) is 0.907. The first-order chi connectivity index (χ1) is 5.81. The molecule has 12 heavy (non-hydrogen) atoms. The van der Waals surface area contributed by atoms with Gasteiger partial charge in [-0.3, -0.25) is 0 Å². The minimum Gasteiger partial charge on any atom is -0.481 e. The molecule has 1 heterocycles. The first kappa shape index (κ1) is 8.57. The third-order valence-corrected chi connectivity index (χ3v) is 1.51. The van der Waals surface area contributed by atoms with E-state index in [4.69, 9.17) is 16.9 Å². The average Bonchev–Trinajstić information content (AvgIpc) is 2.16. The van der Waals surface area contributed by atoms with E-state index in [1.165, 1.54) is 0 Å². The number of ether oxygens (including phenoxy) is 1. The first-order valence-corrected chi connectivity index (χ1v) is 3.51. The van der Waals surface area contributed by atoms with E-state index in [0.717, 1.165) is 11.1 Å². The van der Waals surface area contributed by atoms with Gasteiger partial charge in [-0.05, 0) is 6.07 Å². The zero-order chi connectivity index (χ0) is 8.97. The van der Waals surface area contributed by atoms with Gasteiger partial charge in [0.25, 0.3) is 0 Å². The van der Waals surface area contributed by atoms with Crippen LogP contribution < -0.4 is 10.5 Å². The molecule has 0 amide bonds. The molecule has 1 aromatic rings. The van der Waals surface area contributed by atoms with Crippen molar-refractivity contribution in [1.82, 2.24) is 4.98 Å². The van der Waals surface area contributed by atoms with Gasteiger partial charge in [0, 0.05) is 23.9 Å². The molecule has 0 saturated heterocycles. The fourth-order valence-electron chi connectivity index (χ4n) is 0.907. The van der Waals surface area contributed by atoms with Gasteiger partial charge < -0.3 is 10.5 Å². The first-order valence-electron chi connectivity index (χ1n) is 3.51. The van der Waals surface area contributed by atoms with Crippen molar-refractivity contribution in [1.29, 1.82) is 0 Å². The largest absolute Gasteiger partial charge is 0.481 e. The summed E-state index contributed by atoms with van der Waals surface area (Å²) in [6.07, 6.45) is 6.77. The van der Waals surface area contributed by atoms with Crippen LogP contribution in [0.5, 0.6) is 5.88 Å². The van der Waals surface area contributed by atoms with Crippen LogP contribution in [0.4, 0.5) is 0 Å². The van der Waals surface area contributed by atoms with E-state index in [9.17, 15) is 0 Å². The predicted octanol–water partition coefficient (Wildman–Crippen LogP) is 0.530. The highest BCUT2D eigenvalue weighted by atomic mass is 16.5. The lowest BCUT2D eigenvalue weighted by Crippen LogP contribution is -2.02. The Balaban J connectivity index is 3.13. The molecule has 0 aliphatic rings. The average molecular weight is 162 g/mol. The Morgan fingerprint density at radius 3 is 3.00 bits per heavy atom. The molecule has 0 unspecified atom stereocenters. The van der Waals surface area contributed by atoms with Gasteiger partial charge in [0.15, 0.2) is 0 Å². The van der Waals surface area contributed by atoms with Crippen molar-refractivity contribution in [2.75, 3.05) is 7.11 Å². The van der Waals surface area contributed by atoms with Crippen LogP contribution in [0, 0.1) is 12.3 Å². The van der Waals surface area contributed by atoms with Crippen LogP contribution >= 0.6 is 0 Å². The van der Waals surface area contributed by atoms with Crippen LogP contribution in [0.25, 0.3) is 0 Å². The van der Waals surface area contributed by atoms with Crippen molar-refractivity contribution in [2.24, 2.45) is 5.73 Å². The van der Waals surface area contributed by atoms with Crippen LogP contribution in [0.3, 0.4) is 0 Å². The Labute approximate surface area is 71.6 Å². The van der Waals surface area contributed by atoms with E-state index in [-0.39, 0.29) is 0 Å². The number of nitrogens with zero attached hydrogens (tertiary/aromatic N) is 1. The zero-order valence-electron chi connectivity index (χ0n) is 6.87. The summed E-state index contributed by atoms with van der Waals surface area (Å²) in [4.78, 5) is 3.99. The molecule has 1 aromatic heterocycles. The number of hydrogen-bond donors (Lipinski definition) is 1. The molecule has 3 nitrogen and oxygen atoms in total. The lowest BCUT2D eigenvalue weighted by atomic mass is 10.2. The van der Waals surface area contributed by atoms with Crippen LogP contribution in [0.15, 0.2) is 12.3 Å². The zero-order valence-corrected chi connectivity index (χ0v) is 6.87. The Morgan fingerprint density at radius 2 is 2.50 bits per heavy atom. The quantitative estimate of drug-likeness (QED) is 0.645. The molecular weight excluding hydrogens is 152 g/mol. The number of aromatic nitrogens is 1. The number of nitrogens with two attached hydrogens (primary N) is 1. The predicted molar refractivity (Wildman–Crippen MR) is 46.6 cm³/mol. The molecule has 0 saturated carbocycles. The van der Waals surface area contributed by atoms with Crippen molar-refractivity contribution in [3.63, 3.8) is 0 Å². The molecule has 0 aliphatic carbocycles. The summed E-state index contributed by atoms with van der Waals surface area (Å²) < 4.78 is 4.98. The van der Waals surface area contributed by atoms with Crippen molar-refractivity contribution in [3.8, 4) is 18.2 Å². The molecule has 1 rings (SSSR count). The van der Waals surface area contributed by atoms with E-state index in [0.29, 0.717) is 12.4 Å². The summed E-state index contributed by atoms with van der Waals surface area (Å²) in [6.45, 7) is 0.381. The maximum absolute atomic E-state index is 5.46. The molecule has 0 aliphatic heterocycles. The topological polar surface area (TPSA) is 48.1 Å². The van der Waals surface area contributed by atoms with Gasteiger partial charge >= 0.3 is 0 Å². The van der Waals surface area contributed by atoms with Gasteiger partial charge in [0.1, 0.15) is 0 Å². The number of rotatable bonds is 2. The maximum Gasteiger partial charge on any atom is 0.217 e. The fraction of sp³-hybridized carbons (Fsp3) is 0.222. The molecule has 0 fully saturated rings. The smallest absolute Gasteiger partial charge is 0.217 e. The van der Waals surface area contributed by atoms with Crippen molar-refractivity contribution in [2.45, 2.75) is 6.54 Å². The van der Waals surface area contributed by atoms with Crippen LogP contribution in [-0.4, -0.2) is 12.1 Å². The third kappa shape index (κ3) is 1.55. The Kier molecular flexibility index (Phi) is 2.67. The molecule has 0 aromatic carbocycles. The maximum atomic E-state index is 5.46. The van der Waals surface area contributed by atoms with Crippen molar-refractivity contribution >= 4 is 0 Å². The summed E-state index contributed by atoms with van der Waals surface area (Å²) in [5.74, 6) is 3.02. The van der Waals surface area contributed by atoms with E-state index >= 15 is 0 Å². The lowest BCUT2D eigenvalue weighted by molar-refractivity contribution is 0.392. The summed E-state index contributed by atoms with van der Waals surface area (Å²) in [5, 5.41) is 0. The molecule has 0 bridgehead atoms. The SMILES string of the molecule is C#Cc1cnc(OC)c(CN)c1. The van der Waals surface area contributed by atoms with Gasteiger partial charge in [0.2, 0.25) is 5.88 Å². The van der Waals surface area contributed by atoms with Gasteiger partial charge in [-0.15, -0.1) is 6.42 Å². The highest BCUT2D eigenvalue weighted by Crippen LogP contribution is 2.14. The third-order valence-electron chi connectivity index (χ3n) is 1.51. The monoisotopic (exact) mass is 162 g/mol. The van der Waals surface area contributed by atoms with Gasteiger partial charge in [-0.25, -0.2) is 4.98 Å². The highest BCUT2D eigenvalue weighted by molar-refractivity contribution is 5.37. The van der Waals surface area contributed by atoms with Crippen LogP contribution in [0.2, 0.25) is 0 Å². The Hall–Kier alpha value is -1.53. The molecule has 3 heteroatoms. The van der Waals surface area contributed by atoms with E-state index in [1.54, 1.807) is 19.4 Å². The summed E-state index contributed by atoms with van der Waals surface area (Å²) in [5.41, 5.74) is 7.01. The van der Waals surface area contributed by atoms with Crippen LogP contribution in [0.1, 0.15) is 11.1 Å². The van der Waals surface area contributed by atoms with Gasteiger partial charge in [-0.2, -0.15) is 0 Å². The standard InChI is InChI=1S/C9H10N2O/c1-3-7-4-8(5-10)9(12-2)11-6-7/h1,4,6H,5,10H2,2H3. The molecule has 0 spiro atoms. The normalized spacial score (nSPS) is 9.08. The minimum atomic E-state index is 0.381. The second-order valence-corrected chi connectivity index (χ2v) is 2.24. The Bertz CT molecular complexity index is 315. The molecule has 2 N–H and O–H groups in total. The van der Waals surface area contributed by atoms with E-state index < -0.39 is 0 Å². The van der Waals surface area contributed by atoms with Crippen molar-refractivity contribution in [3.05, 3.63) is 23.4 Å². The molecular formula is C9H10N2O. The lowest BCUT2D eigenvalue weighted by Gasteiger charge is -2.04. The van der Waals surface area contributed by atoms with Gasteiger partial charge in [-0.1, -0.05) is 5.92 Å². The molecule has 0 atom stereocenters. The number of pyridine rings is 1. The number of terminal acetylenes is 1. The summed E-state index contributed by atoms with van der Waals surface area (Å²) >= 11 is 0. The summed E-state index contributed by atoms with van der Waals surface area (Å²) in [7, 11) is 1.55.